The van der Waals surface area contributed by atoms with Crippen molar-refractivity contribution in [3.63, 3.8) is 0 Å². The Morgan fingerprint density at radius 3 is 3.07 bits per heavy atom. The predicted molar refractivity (Wildman–Crippen MR) is 52.3 cm³/mol. The summed E-state index contributed by atoms with van der Waals surface area (Å²) < 4.78 is 0. The average Bonchev–Trinajstić information content (AvgIpc) is 2.19. The Morgan fingerprint density at radius 2 is 2.43 bits per heavy atom. The lowest BCUT2D eigenvalue weighted by Crippen LogP contribution is -1.90. The molecule has 5 nitrogen and oxygen atoms in total. The monoisotopic (exact) mass is 194 g/mol. The van der Waals surface area contributed by atoms with E-state index in [2.05, 4.69) is 5.16 Å². The molecule has 0 saturated carbocycles. The summed E-state index contributed by atoms with van der Waals surface area (Å²) >= 11 is 0. The Bertz CT molecular complexity index is 350. The van der Waals surface area contributed by atoms with Gasteiger partial charge in [0.1, 0.15) is 6.61 Å². The van der Waals surface area contributed by atoms with Crippen LogP contribution in [-0.4, -0.2) is 17.7 Å². The van der Waals surface area contributed by atoms with Crippen LogP contribution in [0.25, 0.3) is 0 Å². The Hall–Kier alpha value is -1.91. The van der Waals surface area contributed by atoms with Crippen molar-refractivity contribution in [3.05, 3.63) is 39.9 Å². The number of nitro groups is 1. The van der Waals surface area contributed by atoms with Crippen molar-refractivity contribution in [3.8, 4) is 0 Å². The van der Waals surface area contributed by atoms with Crippen LogP contribution >= 0.6 is 0 Å². The molecule has 0 atom stereocenters. The van der Waals surface area contributed by atoms with Gasteiger partial charge in [-0.15, -0.1) is 0 Å². The van der Waals surface area contributed by atoms with E-state index in [1.807, 2.05) is 6.92 Å². The molecule has 0 bridgehead atoms. The van der Waals surface area contributed by atoms with Gasteiger partial charge in [0.25, 0.3) is 5.69 Å². The van der Waals surface area contributed by atoms with E-state index in [9.17, 15) is 10.1 Å². The summed E-state index contributed by atoms with van der Waals surface area (Å²) in [5.41, 5.74) is 0.693. The first kappa shape index (κ1) is 10.2. The number of nitro benzene ring substituents is 1. The van der Waals surface area contributed by atoms with Crippen LogP contribution in [0.15, 0.2) is 29.4 Å². The summed E-state index contributed by atoms with van der Waals surface area (Å²) in [6.45, 7) is 2.29. The molecule has 0 unspecified atom stereocenters. The second kappa shape index (κ2) is 4.96. The van der Waals surface area contributed by atoms with Crippen LogP contribution < -0.4 is 0 Å². The number of oxime groups is 1. The number of hydrogen-bond acceptors (Lipinski definition) is 4. The van der Waals surface area contributed by atoms with Gasteiger partial charge < -0.3 is 4.84 Å². The van der Waals surface area contributed by atoms with Gasteiger partial charge in [-0.25, -0.2) is 0 Å². The fraction of sp³-hybridized carbons (Fsp3) is 0.222. The van der Waals surface area contributed by atoms with Gasteiger partial charge in [-0.05, 0) is 6.92 Å². The van der Waals surface area contributed by atoms with E-state index in [1.165, 1.54) is 18.3 Å². The molecule has 0 aromatic heterocycles. The normalized spacial score (nSPS) is 10.4. The SMILES string of the molecule is CCO/N=C/c1cccc([N+](=O)[O-])c1. The quantitative estimate of drug-likeness (QED) is 0.418. The highest BCUT2D eigenvalue weighted by Crippen LogP contribution is 2.11. The molecule has 0 fully saturated rings. The van der Waals surface area contributed by atoms with Gasteiger partial charge >= 0.3 is 0 Å². The first-order chi connectivity index (χ1) is 6.74. The van der Waals surface area contributed by atoms with E-state index in [1.54, 1.807) is 12.1 Å². The van der Waals surface area contributed by atoms with Crippen molar-refractivity contribution in [2.24, 2.45) is 5.16 Å². The maximum absolute atomic E-state index is 10.4. The first-order valence-electron chi connectivity index (χ1n) is 4.14. The Kier molecular flexibility index (Phi) is 3.60. The van der Waals surface area contributed by atoms with E-state index in [0.717, 1.165) is 0 Å². The summed E-state index contributed by atoms with van der Waals surface area (Å²) in [7, 11) is 0. The minimum Gasteiger partial charge on any atom is -0.396 e. The molecule has 0 saturated heterocycles. The van der Waals surface area contributed by atoms with E-state index in [0.29, 0.717) is 12.2 Å². The number of benzene rings is 1. The Labute approximate surface area is 81.1 Å². The highest BCUT2D eigenvalue weighted by Gasteiger charge is 2.03. The van der Waals surface area contributed by atoms with Crippen molar-refractivity contribution < 1.29 is 9.76 Å². The first-order valence-corrected chi connectivity index (χ1v) is 4.14. The summed E-state index contributed by atoms with van der Waals surface area (Å²) in [5, 5.41) is 14.0. The molecule has 0 N–H and O–H groups in total. The van der Waals surface area contributed by atoms with Gasteiger partial charge in [0.2, 0.25) is 0 Å². The summed E-state index contributed by atoms with van der Waals surface area (Å²) in [5.74, 6) is 0. The standard InChI is InChI=1S/C9H10N2O3/c1-2-14-10-7-8-4-3-5-9(6-8)11(12)13/h3-7H,2H2,1H3/b10-7+. The average molecular weight is 194 g/mol. The molecular formula is C9H10N2O3. The minimum atomic E-state index is -0.446. The molecule has 0 aliphatic carbocycles. The maximum Gasteiger partial charge on any atom is 0.270 e. The highest BCUT2D eigenvalue weighted by molar-refractivity contribution is 5.80. The fourth-order valence-electron chi connectivity index (χ4n) is 0.891. The van der Waals surface area contributed by atoms with Crippen LogP contribution in [0.5, 0.6) is 0 Å². The molecule has 0 aliphatic heterocycles. The largest absolute Gasteiger partial charge is 0.396 e. The van der Waals surface area contributed by atoms with E-state index in [-0.39, 0.29) is 5.69 Å². The number of nitrogens with zero attached hydrogens (tertiary/aromatic N) is 2. The molecule has 0 aliphatic rings. The lowest BCUT2D eigenvalue weighted by molar-refractivity contribution is -0.384. The number of rotatable bonds is 4. The van der Waals surface area contributed by atoms with E-state index in [4.69, 9.17) is 4.84 Å². The molecule has 0 spiro atoms. The predicted octanol–water partition coefficient (Wildman–Crippen LogP) is 1.97. The van der Waals surface area contributed by atoms with Crippen LogP contribution in [-0.2, 0) is 4.84 Å². The summed E-state index contributed by atoms with van der Waals surface area (Å²) in [6.07, 6.45) is 1.44. The lowest BCUT2D eigenvalue weighted by atomic mass is 10.2. The molecule has 1 aromatic carbocycles. The third-order valence-corrected chi connectivity index (χ3v) is 1.49. The smallest absolute Gasteiger partial charge is 0.270 e. The highest BCUT2D eigenvalue weighted by atomic mass is 16.6. The van der Waals surface area contributed by atoms with Gasteiger partial charge in [0, 0.05) is 17.7 Å². The zero-order chi connectivity index (χ0) is 10.4. The second-order valence-corrected chi connectivity index (χ2v) is 2.50. The summed E-state index contributed by atoms with van der Waals surface area (Å²) in [6, 6.07) is 6.18. The number of hydrogen-bond donors (Lipinski definition) is 0. The lowest BCUT2D eigenvalue weighted by Gasteiger charge is -1.94. The van der Waals surface area contributed by atoms with Gasteiger partial charge in [-0.2, -0.15) is 0 Å². The van der Waals surface area contributed by atoms with Crippen LogP contribution in [0.2, 0.25) is 0 Å². The van der Waals surface area contributed by atoms with Crippen molar-refractivity contribution in [1.29, 1.82) is 0 Å². The van der Waals surface area contributed by atoms with Gasteiger partial charge in [0.05, 0.1) is 11.1 Å². The Balaban J connectivity index is 2.78. The van der Waals surface area contributed by atoms with Crippen LogP contribution in [0.1, 0.15) is 12.5 Å². The molecule has 0 heterocycles. The van der Waals surface area contributed by atoms with Crippen LogP contribution in [0.4, 0.5) is 5.69 Å². The molecule has 1 rings (SSSR count). The molecule has 14 heavy (non-hydrogen) atoms. The van der Waals surface area contributed by atoms with E-state index < -0.39 is 4.92 Å². The minimum absolute atomic E-state index is 0.0467. The molecule has 0 amide bonds. The summed E-state index contributed by atoms with van der Waals surface area (Å²) in [4.78, 5) is 14.7. The van der Waals surface area contributed by atoms with Crippen molar-refractivity contribution >= 4 is 11.9 Å². The second-order valence-electron chi connectivity index (χ2n) is 2.50. The fourth-order valence-corrected chi connectivity index (χ4v) is 0.891. The van der Waals surface area contributed by atoms with Crippen LogP contribution in [0.3, 0.4) is 0 Å². The maximum atomic E-state index is 10.4. The van der Waals surface area contributed by atoms with Crippen LogP contribution in [0, 0.1) is 10.1 Å². The third-order valence-electron chi connectivity index (χ3n) is 1.49. The third kappa shape index (κ3) is 2.85. The molecule has 1 aromatic rings. The zero-order valence-electron chi connectivity index (χ0n) is 7.71. The van der Waals surface area contributed by atoms with Crippen molar-refractivity contribution in [2.75, 3.05) is 6.61 Å². The molecule has 74 valence electrons. The van der Waals surface area contributed by atoms with Crippen molar-refractivity contribution in [1.82, 2.24) is 0 Å². The van der Waals surface area contributed by atoms with Gasteiger partial charge in [-0.3, -0.25) is 10.1 Å². The van der Waals surface area contributed by atoms with Crippen molar-refractivity contribution in [2.45, 2.75) is 6.92 Å². The Morgan fingerprint density at radius 1 is 1.64 bits per heavy atom. The zero-order valence-corrected chi connectivity index (χ0v) is 7.71. The molecular weight excluding hydrogens is 184 g/mol. The van der Waals surface area contributed by atoms with Gasteiger partial charge in [-0.1, -0.05) is 17.3 Å². The number of non-ortho nitro benzene ring substituents is 1. The topological polar surface area (TPSA) is 64.7 Å². The van der Waals surface area contributed by atoms with Gasteiger partial charge in [0.15, 0.2) is 0 Å². The molecule has 5 heteroatoms. The van der Waals surface area contributed by atoms with E-state index >= 15 is 0 Å². The molecule has 0 radical (unpaired) electrons.